The number of benzene rings is 1. The van der Waals surface area contributed by atoms with E-state index in [0.717, 1.165) is 31.4 Å². The first-order valence-corrected chi connectivity index (χ1v) is 9.72. The highest BCUT2D eigenvalue weighted by molar-refractivity contribution is 7.92. The van der Waals surface area contributed by atoms with Gasteiger partial charge in [-0.2, -0.15) is 0 Å². The van der Waals surface area contributed by atoms with Gasteiger partial charge < -0.3 is 5.32 Å². The number of sulfone groups is 1. The van der Waals surface area contributed by atoms with E-state index in [2.05, 4.69) is 43.4 Å². The first-order valence-electron chi connectivity index (χ1n) is 8.00. The highest BCUT2D eigenvalue weighted by Crippen LogP contribution is 2.31. The lowest BCUT2D eigenvalue weighted by Crippen LogP contribution is -2.40. The van der Waals surface area contributed by atoms with Crippen molar-refractivity contribution in [3.63, 3.8) is 0 Å². The maximum atomic E-state index is 12.4. The Hall–Kier alpha value is -0.870. The molecule has 0 aromatic heterocycles. The number of hydrogen-bond acceptors (Lipinski definition) is 3. The molecule has 3 nitrogen and oxygen atoms in total. The standard InChI is InChI=1S/C17H27NO2S/c1-4-18-17(16-7-5-6-12-21(16,19)20)15-10-8-14(9-11-15)13(2)3/h8-11,13,16-18H,4-7,12H2,1-3H3. The fourth-order valence-electron chi connectivity index (χ4n) is 3.13. The van der Waals surface area contributed by atoms with Gasteiger partial charge in [0.05, 0.1) is 11.0 Å². The minimum atomic E-state index is -2.98. The van der Waals surface area contributed by atoms with Crippen LogP contribution in [0.2, 0.25) is 0 Å². The Kier molecular flexibility index (Phi) is 5.44. The Balaban J connectivity index is 2.29. The lowest BCUT2D eigenvalue weighted by atomic mass is 9.96. The molecule has 0 spiro atoms. The molecule has 1 saturated heterocycles. The molecule has 1 aromatic rings. The molecule has 21 heavy (non-hydrogen) atoms. The van der Waals surface area contributed by atoms with Gasteiger partial charge in [0.15, 0.2) is 9.84 Å². The number of nitrogens with one attached hydrogen (secondary N) is 1. The molecule has 4 heteroatoms. The van der Waals surface area contributed by atoms with Crippen LogP contribution in [-0.2, 0) is 9.84 Å². The Morgan fingerprint density at radius 2 is 1.76 bits per heavy atom. The van der Waals surface area contributed by atoms with Crippen molar-refractivity contribution in [2.75, 3.05) is 12.3 Å². The molecule has 2 unspecified atom stereocenters. The quantitative estimate of drug-likeness (QED) is 0.906. The Morgan fingerprint density at radius 3 is 2.29 bits per heavy atom. The topological polar surface area (TPSA) is 46.2 Å². The zero-order chi connectivity index (χ0) is 15.5. The Morgan fingerprint density at radius 1 is 1.14 bits per heavy atom. The van der Waals surface area contributed by atoms with E-state index in [0.29, 0.717) is 11.7 Å². The van der Waals surface area contributed by atoms with E-state index in [1.54, 1.807) is 0 Å². The molecule has 0 saturated carbocycles. The summed E-state index contributed by atoms with van der Waals surface area (Å²) in [4.78, 5) is 0. The smallest absolute Gasteiger partial charge is 0.155 e. The van der Waals surface area contributed by atoms with Crippen molar-refractivity contribution < 1.29 is 8.42 Å². The molecule has 1 N–H and O–H groups in total. The predicted molar refractivity (Wildman–Crippen MR) is 88.4 cm³/mol. The van der Waals surface area contributed by atoms with Crippen molar-refractivity contribution in [3.05, 3.63) is 35.4 Å². The number of rotatable bonds is 5. The average molecular weight is 309 g/mol. The van der Waals surface area contributed by atoms with E-state index >= 15 is 0 Å². The summed E-state index contributed by atoms with van der Waals surface area (Å²) in [6.45, 7) is 7.15. The van der Waals surface area contributed by atoms with Gasteiger partial charge in [-0.05, 0) is 36.4 Å². The van der Waals surface area contributed by atoms with Crippen molar-refractivity contribution in [2.24, 2.45) is 0 Å². The lowest BCUT2D eigenvalue weighted by Gasteiger charge is -2.31. The van der Waals surface area contributed by atoms with Gasteiger partial charge >= 0.3 is 0 Å². The predicted octanol–water partition coefficient (Wildman–Crippen LogP) is 3.43. The highest BCUT2D eigenvalue weighted by atomic mass is 32.2. The van der Waals surface area contributed by atoms with Crippen molar-refractivity contribution in [3.8, 4) is 0 Å². The fraction of sp³-hybridized carbons (Fsp3) is 0.647. The molecule has 1 aromatic carbocycles. The first kappa shape index (κ1) is 16.5. The van der Waals surface area contributed by atoms with Crippen molar-refractivity contribution >= 4 is 9.84 Å². The van der Waals surface area contributed by atoms with Gasteiger partial charge in [-0.25, -0.2) is 8.42 Å². The summed E-state index contributed by atoms with van der Waals surface area (Å²) in [6.07, 6.45) is 2.59. The van der Waals surface area contributed by atoms with Crippen LogP contribution in [0.5, 0.6) is 0 Å². The zero-order valence-electron chi connectivity index (χ0n) is 13.3. The summed E-state index contributed by atoms with van der Waals surface area (Å²) < 4.78 is 24.8. The monoisotopic (exact) mass is 309 g/mol. The second kappa shape index (κ2) is 6.93. The van der Waals surface area contributed by atoms with Crippen molar-refractivity contribution in [1.82, 2.24) is 5.32 Å². The van der Waals surface area contributed by atoms with Crippen molar-refractivity contribution in [2.45, 2.75) is 57.2 Å². The van der Waals surface area contributed by atoms with Crippen LogP contribution in [0.3, 0.4) is 0 Å². The van der Waals surface area contributed by atoms with E-state index < -0.39 is 9.84 Å². The van der Waals surface area contributed by atoms with E-state index in [9.17, 15) is 8.42 Å². The molecule has 1 fully saturated rings. The SMILES string of the molecule is CCNC(c1ccc(C(C)C)cc1)C1CCCCS1(=O)=O. The third-order valence-electron chi connectivity index (χ3n) is 4.39. The molecule has 0 radical (unpaired) electrons. The molecule has 0 bridgehead atoms. The van der Waals surface area contributed by atoms with Crippen molar-refractivity contribution in [1.29, 1.82) is 0 Å². The van der Waals surface area contributed by atoms with Crippen LogP contribution in [0.25, 0.3) is 0 Å². The van der Waals surface area contributed by atoms with Gasteiger partial charge in [0.25, 0.3) is 0 Å². The molecule has 2 rings (SSSR count). The van der Waals surface area contributed by atoms with Crippen LogP contribution in [0.15, 0.2) is 24.3 Å². The summed E-state index contributed by atoms with van der Waals surface area (Å²) in [6, 6.07) is 8.35. The fourth-order valence-corrected chi connectivity index (χ4v) is 5.23. The second-order valence-electron chi connectivity index (χ2n) is 6.26. The molecular formula is C17H27NO2S. The van der Waals surface area contributed by atoms with Gasteiger partial charge in [-0.3, -0.25) is 0 Å². The van der Waals surface area contributed by atoms with Gasteiger partial charge in [0, 0.05) is 6.04 Å². The summed E-state index contributed by atoms with van der Waals surface area (Å²) in [5.41, 5.74) is 2.39. The van der Waals surface area contributed by atoms with E-state index in [4.69, 9.17) is 0 Å². The van der Waals surface area contributed by atoms with Crippen LogP contribution in [0, 0.1) is 0 Å². The summed E-state index contributed by atoms with van der Waals surface area (Å²) in [7, 11) is -2.98. The van der Waals surface area contributed by atoms with Crippen LogP contribution in [0.1, 0.15) is 63.1 Å². The lowest BCUT2D eigenvalue weighted by molar-refractivity contribution is 0.454. The normalized spacial score (nSPS) is 23.1. The van der Waals surface area contributed by atoms with Crippen LogP contribution in [0.4, 0.5) is 0 Å². The van der Waals surface area contributed by atoms with E-state index in [-0.39, 0.29) is 11.3 Å². The minimum Gasteiger partial charge on any atom is -0.309 e. The average Bonchev–Trinajstić information content (AvgIpc) is 2.45. The third-order valence-corrected chi connectivity index (χ3v) is 6.67. The second-order valence-corrected chi connectivity index (χ2v) is 8.60. The van der Waals surface area contributed by atoms with E-state index in [1.165, 1.54) is 5.56 Å². The summed E-state index contributed by atoms with van der Waals surface area (Å²) in [5.74, 6) is 0.832. The van der Waals surface area contributed by atoms with Gasteiger partial charge in [0.2, 0.25) is 0 Å². The molecule has 0 amide bonds. The molecule has 118 valence electrons. The number of hydrogen-bond donors (Lipinski definition) is 1. The highest BCUT2D eigenvalue weighted by Gasteiger charge is 2.35. The largest absolute Gasteiger partial charge is 0.309 e. The first-order chi connectivity index (χ1) is 9.95. The van der Waals surface area contributed by atoms with E-state index in [1.807, 2.05) is 6.92 Å². The summed E-state index contributed by atoms with van der Waals surface area (Å²) in [5, 5.41) is 3.11. The molecule has 1 heterocycles. The van der Waals surface area contributed by atoms with Crippen LogP contribution < -0.4 is 5.32 Å². The zero-order valence-corrected chi connectivity index (χ0v) is 14.1. The minimum absolute atomic E-state index is 0.0819. The molecule has 1 aliphatic heterocycles. The molecule has 0 aliphatic carbocycles. The third kappa shape index (κ3) is 3.86. The van der Waals surface area contributed by atoms with Gasteiger partial charge in [-0.1, -0.05) is 51.5 Å². The summed E-state index contributed by atoms with van der Waals surface area (Å²) >= 11 is 0. The molecule has 1 aliphatic rings. The Labute approximate surface area is 129 Å². The van der Waals surface area contributed by atoms with Gasteiger partial charge in [0.1, 0.15) is 0 Å². The Bertz CT molecular complexity index is 549. The maximum Gasteiger partial charge on any atom is 0.155 e. The van der Waals surface area contributed by atoms with Gasteiger partial charge in [-0.15, -0.1) is 0 Å². The van der Waals surface area contributed by atoms with Crippen LogP contribution >= 0.6 is 0 Å². The molecule has 2 atom stereocenters. The van der Waals surface area contributed by atoms with Crippen LogP contribution in [-0.4, -0.2) is 26.0 Å². The maximum absolute atomic E-state index is 12.4. The molecular weight excluding hydrogens is 282 g/mol.